The van der Waals surface area contributed by atoms with E-state index in [1.165, 1.54) is 0 Å². The van der Waals surface area contributed by atoms with E-state index in [2.05, 4.69) is 20.6 Å². The molecule has 0 aliphatic carbocycles. The topological polar surface area (TPSA) is 95.1 Å². The van der Waals surface area contributed by atoms with E-state index in [4.69, 9.17) is 9.26 Å². The summed E-state index contributed by atoms with van der Waals surface area (Å²) in [6, 6.07) is -0.272. The molecule has 1 atom stereocenters. The van der Waals surface area contributed by atoms with Crippen LogP contribution >= 0.6 is 0 Å². The molecule has 0 saturated carbocycles. The van der Waals surface area contributed by atoms with Gasteiger partial charge in [-0.15, -0.1) is 0 Å². The summed E-state index contributed by atoms with van der Waals surface area (Å²) in [5.74, 6) is 1.53. The standard InChI is InChI=1S/C18H27N5O3/c1-12(2)17-21-18(26-22-17)16(14-5-8-25-9-6-14)20-15(24)4-7-23-11-13(3)10-19-23/h10-12,14,16H,4-9H2,1-3H3,(H,20,24). The van der Waals surface area contributed by atoms with Crippen molar-refractivity contribution >= 4 is 5.91 Å². The second kappa shape index (κ2) is 8.44. The van der Waals surface area contributed by atoms with Crippen LogP contribution in [-0.4, -0.2) is 39.0 Å². The molecule has 1 aliphatic heterocycles. The fourth-order valence-electron chi connectivity index (χ4n) is 3.09. The minimum absolute atomic E-state index is 0.0426. The molecule has 2 aromatic heterocycles. The monoisotopic (exact) mass is 361 g/mol. The van der Waals surface area contributed by atoms with E-state index in [0.717, 1.165) is 18.4 Å². The maximum absolute atomic E-state index is 12.5. The van der Waals surface area contributed by atoms with Gasteiger partial charge < -0.3 is 14.6 Å². The van der Waals surface area contributed by atoms with Crippen molar-refractivity contribution in [1.82, 2.24) is 25.2 Å². The normalized spacial score (nSPS) is 16.8. The molecule has 8 nitrogen and oxygen atoms in total. The van der Waals surface area contributed by atoms with E-state index in [-0.39, 0.29) is 23.8 Å². The summed E-state index contributed by atoms with van der Waals surface area (Å²) >= 11 is 0. The van der Waals surface area contributed by atoms with E-state index in [1.807, 2.05) is 27.0 Å². The molecule has 0 spiro atoms. The van der Waals surface area contributed by atoms with Crippen LogP contribution < -0.4 is 5.32 Å². The van der Waals surface area contributed by atoms with Crippen LogP contribution in [0.25, 0.3) is 0 Å². The summed E-state index contributed by atoms with van der Waals surface area (Å²) in [5.41, 5.74) is 1.08. The Morgan fingerprint density at radius 1 is 1.38 bits per heavy atom. The van der Waals surface area contributed by atoms with Gasteiger partial charge in [0, 0.05) is 38.3 Å². The first-order chi connectivity index (χ1) is 12.5. The molecule has 3 rings (SSSR count). The molecular weight excluding hydrogens is 334 g/mol. The fraction of sp³-hybridized carbons (Fsp3) is 0.667. The molecular formula is C18H27N5O3. The van der Waals surface area contributed by atoms with E-state index >= 15 is 0 Å². The average Bonchev–Trinajstić information content (AvgIpc) is 3.28. The molecule has 1 amide bonds. The van der Waals surface area contributed by atoms with Gasteiger partial charge in [-0.25, -0.2) is 0 Å². The highest BCUT2D eigenvalue weighted by molar-refractivity contribution is 5.76. The number of nitrogens with one attached hydrogen (secondary N) is 1. The van der Waals surface area contributed by atoms with Gasteiger partial charge in [-0.2, -0.15) is 10.1 Å². The van der Waals surface area contributed by atoms with Gasteiger partial charge in [0.2, 0.25) is 11.8 Å². The Labute approximate surface area is 153 Å². The number of amides is 1. The lowest BCUT2D eigenvalue weighted by molar-refractivity contribution is -0.123. The van der Waals surface area contributed by atoms with Crippen LogP contribution in [0, 0.1) is 12.8 Å². The molecule has 1 saturated heterocycles. The molecule has 0 aromatic carbocycles. The van der Waals surface area contributed by atoms with E-state index in [0.29, 0.717) is 37.9 Å². The Balaban J connectivity index is 1.66. The Bertz CT molecular complexity index is 718. The van der Waals surface area contributed by atoms with Crippen molar-refractivity contribution in [3.05, 3.63) is 29.7 Å². The van der Waals surface area contributed by atoms with Gasteiger partial charge in [0.1, 0.15) is 6.04 Å². The predicted molar refractivity (Wildman–Crippen MR) is 94.4 cm³/mol. The maximum atomic E-state index is 12.5. The number of ether oxygens (including phenoxy) is 1. The molecule has 0 radical (unpaired) electrons. The van der Waals surface area contributed by atoms with Crippen LogP contribution in [-0.2, 0) is 16.1 Å². The summed E-state index contributed by atoms with van der Waals surface area (Å²) < 4.78 is 12.7. The van der Waals surface area contributed by atoms with Crippen LogP contribution in [0.5, 0.6) is 0 Å². The summed E-state index contributed by atoms with van der Waals surface area (Å²) in [6.45, 7) is 7.93. The molecule has 1 fully saturated rings. The van der Waals surface area contributed by atoms with Gasteiger partial charge in [0.25, 0.3) is 0 Å². The number of rotatable bonds is 7. The van der Waals surface area contributed by atoms with E-state index < -0.39 is 0 Å². The Kier molecular flexibility index (Phi) is 6.03. The molecule has 3 heterocycles. The minimum Gasteiger partial charge on any atom is -0.381 e. The fourth-order valence-corrected chi connectivity index (χ4v) is 3.09. The molecule has 1 aliphatic rings. The number of aryl methyl sites for hydroxylation is 2. The second-order valence-corrected chi connectivity index (χ2v) is 7.17. The quantitative estimate of drug-likeness (QED) is 0.813. The lowest BCUT2D eigenvalue weighted by Crippen LogP contribution is -2.36. The van der Waals surface area contributed by atoms with Gasteiger partial charge >= 0.3 is 0 Å². The zero-order chi connectivity index (χ0) is 18.5. The number of nitrogens with zero attached hydrogens (tertiary/aromatic N) is 4. The van der Waals surface area contributed by atoms with Crippen molar-refractivity contribution in [2.45, 2.75) is 58.5 Å². The largest absolute Gasteiger partial charge is 0.381 e. The summed E-state index contributed by atoms with van der Waals surface area (Å²) in [7, 11) is 0. The number of carbonyl (C=O) groups excluding carboxylic acids is 1. The van der Waals surface area contributed by atoms with Crippen LogP contribution in [0.15, 0.2) is 16.9 Å². The minimum atomic E-state index is -0.272. The lowest BCUT2D eigenvalue weighted by Gasteiger charge is -2.28. The third-order valence-electron chi connectivity index (χ3n) is 4.62. The number of hydrogen-bond donors (Lipinski definition) is 1. The SMILES string of the molecule is Cc1cnn(CCC(=O)NC(c2nc(C(C)C)no2)C2CCOCC2)c1. The molecule has 8 heteroatoms. The predicted octanol–water partition coefficient (Wildman–Crippen LogP) is 2.37. The van der Waals surface area contributed by atoms with Gasteiger partial charge in [0.05, 0.1) is 6.20 Å². The van der Waals surface area contributed by atoms with Crippen molar-refractivity contribution in [2.75, 3.05) is 13.2 Å². The molecule has 1 N–H and O–H groups in total. The van der Waals surface area contributed by atoms with Crippen molar-refractivity contribution in [1.29, 1.82) is 0 Å². The summed E-state index contributed by atoms with van der Waals surface area (Å²) in [4.78, 5) is 17.0. The van der Waals surface area contributed by atoms with Gasteiger partial charge in [-0.1, -0.05) is 19.0 Å². The van der Waals surface area contributed by atoms with Crippen molar-refractivity contribution < 1.29 is 14.1 Å². The summed E-state index contributed by atoms with van der Waals surface area (Å²) in [5, 5.41) is 11.4. The van der Waals surface area contributed by atoms with Crippen LogP contribution in [0.4, 0.5) is 0 Å². The van der Waals surface area contributed by atoms with Gasteiger partial charge in [0.15, 0.2) is 5.82 Å². The second-order valence-electron chi connectivity index (χ2n) is 7.17. The van der Waals surface area contributed by atoms with Crippen LogP contribution in [0.2, 0.25) is 0 Å². The molecule has 0 bridgehead atoms. The van der Waals surface area contributed by atoms with Crippen LogP contribution in [0.3, 0.4) is 0 Å². The van der Waals surface area contributed by atoms with Crippen LogP contribution in [0.1, 0.15) is 62.3 Å². The third kappa shape index (κ3) is 4.69. The van der Waals surface area contributed by atoms with E-state index in [9.17, 15) is 4.79 Å². The average molecular weight is 361 g/mol. The van der Waals surface area contributed by atoms with Gasteiger partial charge in [-0.3, -0.25) is 9.48 Å². The number of aromatic nitrogens is 4. The highest BCUT2D eigenvalue weighted by Crippen LogP contribution is 2.30. The molecule has 142 valence electrons. The Hall–Kier alpha value is -2.22. The highest BCUT2D eigenvalue weighted by atomic mass is 16.5. The zero-order valence-corrected chi connectivity index (χ0v) is 15.6. The third-order valence-corrected chi connectivity index (χ3v) is 4.62. The van der Waals surface area contributed by atoms with Crippen molar-refractivity contribution in [3.8, 4) is 0 Å². The first kappa shape index (κ1) is 18.6. The van der Waals surface area contributed by atoms with E-state index in [1.54, 1.807) is 10.9 Å². The Morgan fingerprint density at radius 2 is 2.15 bits per heavy atom. The smallest absolute Gasteiger partial charge is 0.249 e. The van der Waals surface area contributed by atoms with Crippen molar-refractivity contribution in [2.24, 2.45) is 5.92 Å². The number of carbonyl (C=O) groups is 1. The molecule has 26 heavy (non-hydrogen) atoms. The van der Waals surface area contributed by atoms with Gasteiger partial charge in [-0.05, 0) is 31.2 Å². The maximum Gasteiger partial charge on any atom is 0.249 e. The lowest BCUT2D eigenvalue weighted by atomic mass is 9.91. The number of hydrogen-bond acceptors (Lipinski definition) is 6. The first-order valence-electron chi connectivity index (χ1n) is 9.22. The first-order valence-corrected chi connectivity index (χ1v) is 9.22. The summed E-state index contributed by atoms with van der Waals surface area (Å²) in [6.07, 6.45) is 5.79. The highest BCUT2D eigenvalue weighted by Gasteiger charge is 2.31. The zero-order valence-electron chi connectivity index (χ0n) is 15.6. The van der Waals surface area contributed by atoms with Crippen molar-refractivity contribution in [3.63, 3.8) is 0 Å². The molecule has 2 aromatic rings. The Morgan fingerprint density at radius 3 is 2.77 bits per heavy atom. The molecule has 1 unspecified atom stereocenters.